The number of benzene rings is 1. The zero-order valence-corrected chi connectivity index (χ0v) is 26.7. The first-order valence-corrected chi connectivity index (χ1v) is 17.7. The smallest absolute Gasteiger partial charge is 0.337 e. The maximum Gasteiger partial charge on any atom is 0.337 e. The second-order valence-corrected chi connectivity index (χ2v) is 14.1. The molecule has 9 heteroatoms. The van der Waals surface area contributed by atoms with Gasteiger partial charge in [-0.15, -0.1) is 0 Å². The van der Waals surface area contributed by atoms with E-state index in [-0.39, 0.29) is 22.8 Å². The Morgan fingerprint density at radius 2 is 1.47 bits per heavy atom. The third-order valence-corrected chi connectivity index (χ3v) is 11.1. The summed E-state index contributed by atoms with van der Waals surface area (Å²) >= 11 is 6.04. The van der Waals surface area contributed by atoms with E-state index in [1.165, 1.54) is 115 Å². The van der Waals surface area contributed by atoms with E-state index in [1.54, 1.807) is 12.1 Å². The highest BCUT2D eigenvalue weighted by Crippen LogP contribution is 2.42. The van der Waals surface area contributed by atoms with E-state index < -0.39 is 12.0 Å². The van der Waals surface area contributed by atoms with Crippen LogP contribution < -0.4 is 21.5 Å². The Morgan fingerprint density at radius 3 is 2.05 bits per heavy atom. The molecule has 2 saturated heterocycles. The molecule has 4 aliphatic rings. The van der Waals surface area contributed by atoms with E-state index in [9.17, 15) is 14.7 Å². The molecule has 4 fully saturated rings. The fraction of sp³-hybridized carbons (Fsp3) is 0.765. The minimum absolute atomic E-state index is 0.00135. The van der Waals surface area contributed by atoms with Crippen molar-refractivity contribution in [3.63, 3.8) is 0 Å². The number of carbonyl (C=O) groups is 2. The van der Waals surface area contributed by atoms with Gasteiger partial charge in [-0.05, 0) is 68.6 Å². The van der Waals surface area contributed by atoms with E-state index in [0.717, 1.165) is 19.6 Å². The Labute approximate surface area is 263 Å². The minimum Gasteiger partial charge on any atom is -0.478 e. The molecule has 2 saturated carbocycles. The summed E-state index contributed by atoms with van der Waals surface area (Å²) in [5, 5.41) is 16.6. The van der Waals surface area contributed by atoms with Crippen molar-refractivity contribution in [1.29, 1.82) is 0 Å². The lowest BCUT2D eigenvalue weighted by Gasteiger charge is -2.54. The molecule has 5 rings (SSSR count). The standard InChI is InChI=1S/C34H54ClN5O3/c35-27-18-19-29(28(22-27)33(42)43)37-32(41)30-20-21-34(39-38-30,26-16-12-8-2-1-3-9-13-17-26)40-24-36-23-31(40)25-14-10-6-4-5-7-11-15-25/h18-19,22,25-26,30-31,36,38-39H,1-17,20-21,23-24H2,(H,37,41)(H,42,43). The Kier molecular flexibility index (Phi) is 12.2. The highest BCUT2D eigenvalue weighted by molar-refractivity contribution is 6.31. The van der Waals surface area contributed by atoms with Gasteiger partial charge in [0.05, 0.1) is 23.6 Å². The number of aromatic carboxylic acids is 1. The summed E-state index contributed by atoms with van der Waals surface area (Å²) < 4.78 is 0. The van der Waals surface area contributed by atoms with Crippen molar-refractivity contribution in [2.45, 2.75) is 140 Å². The third-order valence-electron chi connectivity index (χ3n) is 10.8. The zero-order valence-electron chi connectivity index (χ0n) is 26.0. The summed E-state index contributed by atoms with van der Waals surface area (Å²) in [6, 6.07) is 4.61. The monoisotopic (exact) mass is 615 g/mol. The second-order valence-electron chi connectivity index (χ2n) is 13.6. The first-order valence-electron chi connectivity index (χ1n) is 17.3. The molecule has 0 aromatic heterocycles. The van der Waals surface area contributed by atoms with Gasteiger partial charge in [0.25, 0.3) is 0 Å². The number of hydrogen-bond donors (Lipinski definition) is 5. The molecule has 240 valence electrons. The molecular formula is C34H54ClN5O3. The van der Waals surface area contributed by atoms with Gasteiger partial charge in [0, 0.05) is 17.6 Å². The molecule has 2 aliphatic carbocycles. The summed E-state index contributed by atoms with van der Waals surface area (Å²) in [7, 11) is 0. The van der Waals surface area contributed by atoms with Gasteiger partial charge in [-0.2, -0.15) is 0 Å². The predicted molar refractivity (Wildman–Crippen MR) is 173 cm³/mol. The van der Waals surface area contributed by atoms with Crippen LogP contribution in [0.4, 0.5) is 5.69 Å². The number of carboxylic acids is 1. The maximum atomic E-state index is 13.5. The van der Waals surface area contributed by atoms with Gasteiger partial charge in [0.15, 0.2) is 0 Å². The van der Waals surface area contributed by atoms with Crippen LogP contribution in [-0.2, 0) is 4.79 Å². The highest BCUT2D eigenvalue weighted by Gasteiger charge is 2.51. The lowest BCUT2D eigenvalue weighted by molar-refractivity contribution is -0.123. The van der Waals surface area contributed by atoms with Crippen LogP contribution >= 0.6 is 11.6 Å². The summed E-state index contributed by atoms with van der Waals surface area (Å²) in [5.41, 5.74) is 7.38. The maximum absolute atomic E-state index is 13.5. The zero-order chi connectivity index (χ0) is 30.1. The van der Waals surface area contributed by atoms with E-state index >= 15 is 0 Å². The summed E-state index contributed by atoms with van der Waals surface area (Å²) in [5.74, 6) is -0.119. The number of nitrogens with zero attached hydrogens (tertiary/aromatic N) is 1. The average molecular weight is 616 g/mol. The van der Waals surface area contributed by atoms with E-state index in [2.05, 4.69) is 26.4 Å². The molecule has 0 spiro atoms. The number of carbonyl (C=O) groups excluding carboxylic acids is 1. The van der Waals surface area contributed by atoms with E-state index in [1.807, 2.05) is 0 Å². The summed E-state index contributed by atoms with van der Waals surface area (Å²) in [6.07, 6.45) is 24.0. The molecule has 1 amide bonds. The number of hydrazine groups is 1. The van der Waals surface area contributed by atoms with Crippen molar-refractivity contribution in [2.75, 3.05) is 18.5 Å². The first kappa shape index (κ1) is 32.7. The molecule has 3 unspecified atom stereocenters. The van der Waals surface area contributed by atoms with Gasteiger partial charge in [-0.25, -0.2) is 15.6 Å². The normalized spacial score (nSPS) is 29.7. The van der Waals surface area contributed by atoms with Crippen molar-refractivity contribution in [2.24, 2.45) is 11.8 Å². The molecule has 5 N–H and O–H groups in total. The SMILES string of the molecule is O=C(O)c1cc(Cl)ccc1NC(=O)C1CCC(C2CCCCCCCCC2)(N2CNCC2C2CCCCCCCC2)NN1. The molecule has 3 atom stereocenters. The Hall–Kier alpha value is -1.71. The molecule has 0 bridgehead atoms. The Bertz CT molecular complexity index is 1040. The van der Waals surface area contributed by atoms with Gasteiger partial charge >= 0.3 is 5.97 Å². The predicted octanol–water partition coefficient (Wildman–Crippen LogP) is 7.05. The number of amides is 1. The number of rotatable bonds is 6. The Balaban J connectivity index is 1.35. The fourth-order valence-electron chi connectivity index (χ4n) is 8.44. The van der Waals surface area contributed by atoms with Crippen LogP contribution in [0.3, 0.4) is 0 Å². The third kappa shape index (κ3) is 8.31. The summed E-state index contributed by atoms with van der Waals surface area (Å²) in [4.78, 5) is 28.1. The quantitative estimate of drug-likeness (QED) is 0.233. The fourth-order valence-corrected chi connectivity index (χ4v) is 8.61. The number of carboxylic acid groups (broad SMARTS) is 1. The molecule has 2 heterocycles. The molecule has 43 heavy (non-hydrogen) atoms. The number of halogens is 1. The molecule has 1 aromatic carbocycles. The van der Waals surface area contributed by atoms with Crippen molar-refractivity contribution in [3.8, 4) is 0 Å². The van der Waals surface area contributed by atoms with E-state index in [0.29, 0.717) is 29.3 Å². The second kappa shape index (κ2) is 16.0. The van der Waals surface area contributed by atoms with Crippen molar-refractivity contribution in [3.05, 3.63) is 28.8 Å². The van der Waals surface area contributed by atoms with E-state index in [4.69, 9.17) is 11.6 Å². The molecule has 8 nitrogen and oxygen atoms in total. The molecule has 2 aliphatic heterocycles. The molecule has 1 aromatic rings. The van der Waals surface area contributed by atoms with Crippen LogP contribution in [0.5, 0.6) is 0 Å². The largest absolute Gasteiger partial charge is 0.478 e. The molecular weight excluding hydrogens is 562 g/mol. The van der Waals surface area contributed by atoms with Gasteiger partial charge in [-0.3, -0.25) is 9.69 Å². The van der Waals surface area contributed by atoms with Crippen LogP contribution in [0, 0.1) is 11.8 Å². The summed E-state index contributed by atoms with van der Waals surface area (Å²) in [6.45, 7) is 1.93. The van der Waals surface area contributed by atoms with Gasteiger partial charge < -0.3 is 15.7 Å². The first-order chi connectivity index (χ1) is 21.0. The Morgan fingerprint density at radius 1 is 0.860 bits per heavy atom. The number of anilines is 1. The van der Waals surface area contributed by atoms with Crippen molar-refractivity contribution in [1.82, 2.24) is 21.1 Å². The molecule has 0 radical (unpaired) electrons. The van der Waals surface area contributed by atoms with Crippen molar-refractivity contribution >= 4 is 29.2 Å². The average Bonchev–Trinajstić information content (AvgIpc) is 3.55. The lowest BCUT2D eigenvalue weighted by atomic mass is 9.76. The topological polar surface area (TPSA) is 106 Å². The van der Waals surface area contributed by atoms with Crippen molar-refractivity contribution < 1.29 is 14.7 Å². The van der Waals surface area contributed by atoms with Gasteiger partial charge in [0.2, 0.25) is 5.91 Å². The van der Waals surface area contributed by atoms with Crippen LogP contribution in [0.1, 0.15) is 132 Å². The highest BCUT2D eigenvalue weighted by atomic mass is 35.5. The number of hydrogen-bond acceptors (Lipinski definition) is 6. The lowest BCUT2D eigenvalue weighted by Crippen LogP contribution is -2.73. The number of nitrogens with one attached hydrogen (secondary N) is 4. The minimum atomic E-state index is -1.11. The van der Waals surface area contributed by atoms with Crippen LogP contribution in [-0.4, -0.2) is 52.8 Å². The van der Waals surface area contributed by atoms with Crippen LogP contribution in [0.25, 0.3) is 0 Å². The van der Waals surface area contributed by atoms with Gasteiger partial charge in [0.1, 0.15) is 6.04 Å². The van der Waals surface area contributed by atoms with Crippen LogP contribution in [0.2, 0.25) is 5.02 Å². The van der Waals surface area contributed by atoms with Crippen LogP contribution in [0.15, 0.2) is 18.2 Å². The van der Waals surface area contributed by atoms with Gasteiger partial charge in [-0.1, -0.05) is 95.1 Å².